The van der Waals surface area contributed by atoms with Crippen LogP contribution in [0.5, 0.6) is 0 Å². The van der Waals surface area contributed by atoms with Crippen LogP contribution in [0.2, 0.25) is 0 Å². The zero-order valence-corrected chi connectivity index (χ0v) is 40.3. The van der Waals surface area contributed by atoms with E-state index in [1.54, 1.807) is 6.08 Å². The molecule has 0 aromatic carbocycles. The maximum absolute atomic E-state index is 13.2. The molecule has 0 aromatic heterocycles. The molecule has 0 aliphatic heterocycles. The van der Waals surface area contributed by atoms with Crippen molar-refractivity contribution in [3.63, 3.8) is 0 Å². The highest BCUT2D eigenvalue weighted by Gasteiger charge is 2.23. The van der Waals surface area contributed by atoms with Gasteiger partial charge in [-0.1, -0.05) is 249 Å². The van der Waals surface area contributed by atoms with Crippen molar-refractivity contribution in [2.24, 2.45) is 0 Å². The summed E-state index contributed by atoms with van der Waals surface area (Å²) < 4.78 is 5.82. The molecule has 0 rings (SSSR count). The van der Waals surface area contributed by atoms with Gasteiger partial charge in [0.1, 0.15) is 6.10 Å². The van der Waals surface area contributed by atoms with Crippen LogP contribution in [0.4, 0.5) is 0 Å². The normalized spacial score (nSPS) is 13.7. The molecule has 3 atom stereocenters. The van der Waals surface area contributed by atoms with Crippen LogP contribution in [0.1, 0.15) is 252 Å². The van der Waals surface area contributed by atoms with Crippen molar-refractivity contribution in [2.45, 2.75) is 270 Å². The molecule has 0 heterocycles. The molecule has 0 aliphatic carbocycles. The number of aliphatic hydroxyl groups excluding tert-OH is 2. The molecule has 0 fully saturated rings. The smallest absolute Gasteiger partial charge is 0.306 e. The Bertz CT molecular complexity index is 1090. The van der Waals surface area contributed by atoms with Gasteiger partial charge < -0.3 is 20.3 Å². The van der Waals surface area contributed by atoms with E-state index in [4.69, 9.17) is 4.74 Å². The lowest BCUT2D eigenvalue weighted by molar-refractivity contribution is -0.148. The van der Waals surface area contributed by atoms with Gasteiger partial charge in [-0.25, -0.2) is 0 Å². The second kappa shape index (κ2) is 48.6. The number of amides is 1. The molecule has 6 nitrogen and oxygen atoms in total. The van der Waals surface area contributed by atoms with Crippen molar-refractivity contribution in [2.75, 3.05) is 6.61 Å². The molecule has 0 radical (unpaired) electrons. The first-order valence-electron chi connectivity index (χ1n) is 26.0. The Morgan fingerprint density at radius 3 is 1.25 bits per heavy atom. The quantitative estimate of drug-likeness (QED) is 0.0322. The van der Waals surface area contributed by atoms with Crippen molar-refractivity contribution < 1.29 is 24.5 Å². The Morgan fingerprint density at radius 1 is 0.492 bits per heavy atom. The predicted octanol–water partition coefficient (Wildman–Crippen LogP) is 15.6. The van der Waals surface area contributed by atoms with Gasteiger partial charge in [0.15, 0.2) is 0 Å². The number of esters is 1. The first-order chi connectivity index (χ1) is 30.0. The zero-order chi connectivity index (χ0) is 44.5. The van der Waals surface area contributed by atoms with Gasteiger partial charge in [0.25, 0.3) is 0 Å². The first kappa shape index (κ1) is 58.6. The van der Waals surface area contributed by atoms with Crippen LogP contribution < -0.4 is 5.32 Å². The second-order valence-electron chi connectivity index (χ2n) is 17.6. The number of carbonyl (C=O) groups is 2. The van der Waals surface area contributed by atoms with Crippen LogP contribution in [0, 0.1) is 0 Å². The Hall–Kier alpha value is -2.44. The molecule has 0 aromatic rings. The third kappa shape index (κ3) is 44.0. The average molecular weight is 854 g/mol. The number of hydrogen-bond acceptors (Lipinski definition) is 5. The fourth-order valence-corrected chi connectivity index (χ4v) is 7.69. The van der Waals surface area contributed by atoms with E-state index in [1.165, 1.54) is 141 Å². The van der Waals surface area contributed by atoms with Crippen molar-refractivity contribution in [1.82, 2.24) is 5.32 Å². The summed E-state index contributed by atoms with van der Waals surface area (Å²) in [6.07, 6.45) is 60.3. The van der Waals surface area contributed by atoms with Crippen molar-refractivity contribution >= 4 is 11.9 Å². The fourth-order valence-electron chi connectivity index (χ4n) is 7.69. The Labute approximate surface area is 378 Å². The summed E-state index contributed by atoms with van der Waals surface area (Å²) in [4.78, 5) is 26.0. The SMILES string of the molecule is CC/C=C/C/C=C/C/C=C/C/C=C/C/C=C/C(CC(=O)NC(CO)C(O)CCCCCCCCCCCCCCCCCC)OC(=O)CCCCCCCCCCCCCC. The van der Waals surface area contributed by atoms with E-state index >= 15 is 0 Å². The third-order valence-corrected chi connectivity index (χ3v) is 11.6. The van der Waals surface area contributed by atoms with Gasteiger partial charge in [-0.3, -0.25) is 9.59 Å². The number of hydrogen-bond donors (Lipinski definition) is 3. The number of rotatable bonds is 46. The minimum absolute atomic E-state index is 0.0445. The summed E-state index contributed by atoms with van der Waals surface area (Å²) in [5.41, 5.74) is 0. The molecule has 0 bridgehead atoms. The summed E-state index contributed by atoms with van der Waals surface area (Å²) in [6.45, 7) is 6.34. The number of unbranched alkanes of at least 4 members (excludes halogenated alkanes) is 26. The lowest BCUT2D eigenvalue weighted by Gasteiger charge is -2.23. The predicted molar refractivity (Wildman–Crippen MR) is 264 cm³/mol. The molecule has 354 valence electrons. The lowest BCUT2D eigenvalue weighted by Crippen LogP contribution is -2.46. The number of carbonyl (C=O) groups excluding carboxylic acids is 2. The van der Waals surface area contributed by atoms with E-state index in [0.29, 0.717) is 19.3 Å². The zero-order valence-electron chi connectivity index (χ0n) is 40.3. The molecule has 6 heteroatoms. The third-order valence-electron chi connectivity index (χ3n) is 11.6. The van der Waals surface area contributed by atoms with E-state index < -0.39 is 18.2 Å². The van der Waals surface area contributed by atoms with Crippen molar-refractivity contribution in [3.8, 4) is 0 Å². The van der Waals surface area contributed by atoms with E-state index in [0.717, 1.165) is 64.2 Å². The highest BCUT2D eigenvalue weighted by molar-refractivity contribution is 5.78. The Kier molecular flexibility index (Phi) is 46.6. The van der Waals surface area contributed by atoms with Crippen LogP contribution in [0.3, 0.4) is 0 Å². The van der Waals surface area contributed by atoms with Gasteiger partial charge in [-0.05, 0) is 51.0 Å². The van der Waals surface area contributed by atoms with Gasteiger partial charge in [0, 0.05) is 6.42 Å². The summed E-state index contributed by atoms with van der Waals surface area (Å²) in [6, 6.07) is -0.741. The van der Waals surface area contributed by atoms with Crippen LogP contribution in [-0.4, -0.2) is 46.9 Å². The largest absolute Gasteiger partial charge is 0.458 e. The van der Waals surface area contributed by atoms with Crippen molar-refractivity contribution in [1.29, 1.82) is 0 Å². The molecule has 61 heavy (non-hydrogen) atoms. The topological polar surface area (TPSA) is 95.9 Å². The summed E-state index contributed by atoms with van der Waals surface area (Å²) in [5.74, 6) is -0.623. The highest BCUT2D eigenvalue weighted by Crippen LogP contribution is 2.17. The van der Waals surface area contributed by atoms with Crippen molar-refractivity contribution in [3.05, 3.63) is 60.8 Å². The molecule has 0 saturated heterocycles. The fraction of sp³-hybridized carbons (Fsp3) is 0.782. The lowest BCUT2D eigenvalue weighted by atomic mass is 10.0. The molecule has 0 saturated carbocycles. The van der Waals surface area contributed by atoms with Gasteiger partial charge in [0.2, 0.25) is 5.91 Å². The number of ether oxygens (including phenoxy) is 1. The van der Waals surface area contributed by atoms with Gasteiger partial charge in [0.05, 0.1) is 25.2 Å². The summed E-state index contributed by atoms with van der Waals surface area (Å²) in [7, 11) is 0. The molecule has 0 aliphatic rings. The number of nitrogens with one attached hydrogen (secondary N) is 1. The Balaban J connectivity index is 4.66. The summed E-state index contributed by atoms with van der Waals surface area (Å²) in [5, 5.41) is 23.7. The van der Waals surface area contributed by atoms with E-state index in [2.05, 4.69) is 74.7 Å². The monoisotopic (exact) mass is 854 g/mol. The molecule has 3 unspecified atom stereocenters. The maximum Gasteiger partial charge on any atom is 0.306 e. The minimum atomic E-state index is -0.818. The number of aliphatic hydroxyl groups is 2. The van der Waals surface area contributed by atoms with Crippen LogP contribution in [0.15, 0.2) is 60.8 Å². The maximum atomic E-state index is 13.2. The minimum Gasteiger partial charge on any atom is -0.458 e. The van der Waals surface area contributed by atoms with Gasteiger partial charge in [-0.2, -0.15) is 0 Å². The second-order valence-corrected chi connectivity index (χ2v) is 17.6. The average Bonchev–Trinajstić information content (AvgIpc) is 3.25. The molecule has 1 amide bonds. The standard InChI is InChI=1S/C55H99NO5/c1-4-7-10-13-16-19-22-25-27-28-30-32-35-38-41-44-47-53(58)52(50-57)56-54(59)49-51(46-43-40-37-34-31-29-26-23-20-17-14-11-8-5-2)61-55(60)48-45-42-39-36-33-24-21-18-15-12-9-6-3/h8,11,17,20,26,29,34,37,43,46,51-53,57-58H,4-7,9-10,12-16,18-19,21-25,27-28,30-33,35-36,38-42,44-45,47-50H2,1-3H3,(H,56,59)/b11-8+,20-17+,29-26+,37-34+,46-43+. The molecular formula is C55H99NO5. The van der Waals surface area contributed by atoms with Crippen LogP contribution in [0.25, 0.3) is 0 Å². The van der Waals surface area contributed by atoms with Crippen LogP contribution >= 0.6 is 0 Å². The van der Waals surface area contributed by atoms with E-state index in [1.807, 2.05) is 6.08 Å². The van der Waals surface area contributed by atoms with Crippen LogP contribution in [-0.2, 0) is 14.3 Å². The number of allylic oxidation sites excluding steroid dienone is 9. The highest BCUT2D eigenvalue weighted by atomic mass is 16.5. The Morgan fingerprint density at radius 2 is 0.852 bits per heavy atom. The molecule has 3 N–H and O–H groups in total. The van der Waals surface area contributed by atoms with Gasteiger partial charge in [-0.15, -0.1) is 0 Å². The molecular weight excluding hydrogens is 755 g/mol. The van der Waals surface area contributed by atoms with E-state index in [9.17, 15) is 19.8 Å². The first-order valence-corrected chi connectivity index (χ1v) is 26.0. The molecule has 0 spiro atoms. The summed E-state index contributed by atoms with van der Waals surface area (Å²) >= 11 is 0. The van der Waals surface area contributed by atoms with E-state index in [-0.39, 0.29) is 24.9 Å². The van der Waals surface area contributed by atoms with Gasteiger partial charge >= 0.3 is 5.97 Å².